The average Bonchev–Trinajstić information content (AvgIpc) is 3.03. The van der Waals surface area contributed by atoms with E-state index in [4.69, 9.17) is 0 Å². The van der Waals surface area contributed by atoms with Crippen molar-refractivity contribution in [1.82, 2.24) is 14.6 Å². The fourth-order valence-corrected chi connectivity index (χ4v) is 3.29. The van der Waals surface area contributed by atoms with Crippen LogP contribution in [0.2, 0.25) is 0 Å². The maximum Gasteiger partial charge on any atom is 0.152 e. The van der Waals surface area contributed by atoms with Crippen LogP contribution in [0.15, 0.2) is 36.0 Å². The molecule has 0 aliphatic carbocycles. The number of thiophene rings is 1. The molecule has 3 rings (SSSR count). The van der Waals surface area contributed by atoms with Gasteiger partial charge in [-0.3, -0.25) is 0 Å². The standard InChI is InChI=1S/C15H18N4S/c1-10(2)14(13-5-4-8-20-13)17-15-12-9-11(3)18-19(12)7-6-16-15/h4-10,14H,1-3H3,(H,16,17). The molecule has 4 nitrogen and oxygen atoms in total. The predicted molar refractivity (Wildman–Crippen MR) is 83.2 cm³/mol. The summed E-state index contributed by atoms with van der Waals surface area (Å²) in [6, 6.07) is 6.59. The number of hydrogen-bond acceptors (Lipinski definition) is 4. The van der Waals surface area contributed by atoms with Crippen LogP contribution in [0.5, 0.6) is 0 Å². The van der Waals surface area contributed by atoms with Crippen LogP contribution in [0.1, 0.15) is 30.5 Å². The summed E-state index contributed by atoms with van der Waals surface area (Å²) in [7, 11) is 0. The Hall–Kier alpha value is -1.88. The van der Waals surface area contributed by atoms with Crippen molar-refractivity contribution in [3.8, 4) is 0 Å². The molecule has 5 heteroatoms. The highest BCUT2D eigenvalue weighted by atomic mass is 32.1. The van der Waals surface area contributed by atoms with E-state index in [1.54, 1.807) is 17.5 Å². The van der Waals surface area contributed by atoms with Crippen LogP contribution in [0.25, 0.3) is 5.52 Å². The van der Waals surface area contributed by atoms with Crippen molar-refractivity contribution in [3.63, 3.8) is 0 Å². The third-order valence-electron chi connectivity index (χ3n) is 3.32. The molecule has 3 aromatic heterocycles. The molecule has 0 bridgehead atoms. The summed E-state index contributed by atoms with van der Waals surface area (Å²) in [4.78, 5) is 5.82. The molecule has 1 unspecified atom stereocenters. The molecule has 104 valence electrons. The molecular weight excluding hydrogens is 268 g/mol. The first kappa shape index (κ1) is 13.1. The van der Waals surface area contributed by atoms with E-state index in [2.05, 4.69) is 52.8 Å². The SMILES string of the molecule is Cc1cc2c(NC(c3cccs3)C(C)C)nccn2n1. The molecule has 1 atom stereocenters. The van der Waals surface area contributed by atoms with E-state index in [9.17, 15) is 0 Å². The quantitative estimate of drug-likeness (QED) is 0.790. The number of anilines is 1. The normalized spacial score (nSPS) is 13.0. The van der Waals surface area contributed by atoms with Gasteiger partial charge in [-0.05, 0) is 30.4 Å². The van der Waals surface area contributed by atoms with Crippen LogP contribution in [0.3, 0.4) is 0 Å². The largest absolute Gasteiger partial charge is 0.360 e. The summed E-state index contributed by atoms with van der Waals surface area (Å²) in [6.45, 7) is 6.44. The molecule has 0 spiro atoms. The van der Waals surface area contributed by atoms with Gasteiger partial charge in [0.1, 0.15) is 5.52 Å². The first-order valence-electron chi connectivity index (χ1n) is 6.76. The molecule has 0 fully saturated rings. The lowest BCUT2D eigenvalue weighted by Crippen LogP contribution is -2.17. The minimum Gasteiger partial charge on any atom is -0.360 e. The average molecular weight is 286 g/mol. The fraction of sp³-hybridized carbons (Fsp3) is 0.333. The Morgan fingerprint density at radius 2 is 2.20 bits per heavy atom. The number of aryl methyl sites for hydroxylation is 1. The second-order valence-electron chi connectivity index (χ2n) is 5.27. The zero-order valence-electron chi connectivity index (χ0n) is 11.9. The molecule has 0 aliphatic rings. The zero-order chi connectivity index (χ0) is 14.1. The molecule has 0 saturated heterocycles. The lowest BCUT2D eigenvalue weighted by Gasteiger charge is -2.22. The predicted octanol–water partition coefficient (Wildman–Crippen LogP) is 3.91. The van der Waals surface area contributed by atoms with Gasteiger partial charge in [-0.25, -0.2) is 9.50 Å². The number of nitrogens with one attached hydrogen (secondary N) is 1. The maximum atomic E-state index is 4.48. The summed E-state index contributed by atoms with van der Waals surface area (Å²) < 4.78 is 1.87. The van der Waals surface area contributed by atoms with Gasteiger partial charge in [-0.2, -0.15) is 5.10 Å². The van der Waals surface area contributed by atoms with Gasteiger partial charge in [0.2, 0.25) is 0 Å². The molecule has 20 heavy (non-hydrogen) atoms. The van der Waals surface area contributed by atoms with Crippen LogP contribution < -0.4 is 5.32 Å². The van der Waals surface area contributed by atoms with E-state index in [1.807, 2.05) is 17.6 Å². The van der Waals surface area contributed by atoms with Crippen molar-refractivity contribution < 1.29 is 0 Å². The van der Waals surface area contributed by atoms with Crippen LogP contribution >= 0.6 is 11.3 Å². The molecule has 0 radical (unpaired) electrons. The van der Waals surface area contributed by atoms with E-state index in [1.165, 1.54) is 4.88 Å². The number of fused-ring (bicyclic) bond motifs is 1. The van der Waals surface area contributed by atoms with Gasteiger partial charge in [-0.15, -0.1) is 11.3 Å². The molecule has 0 aromatic carbocycles. The van der Waals surface area contributed by atoms with Gasteiger partial charge in [0, 0.05) is 17.3 Å². The minimum atomic E-state index is 0.268. The number of hydrogen-bond donors (Lipinski definition) is 1. The third-order valence-corrected chi connectivity index (χ3v) is 4.28. The zero-order valence-corrected chi connectivity index (χ0v) is 12.7. The van der Waals surface area contributed by atoms with E-state index < -0.39 is 0 Å². The van der Waals surface area contributed by atoms with E-state index in [0.717, 1.165) is 17.0 Å². The molecule has 1 N–H and O–H groups in total. The number of rotatable bonds is 4. The van der Waals surface area contributed by atoms with Crippen LogP contribution in [0.4, 0.5) is 5.82 Å². The Kier molecular flexibility index (Phi) is 3.44. The smallest absolute Gasteiger partial charge is 0.152 e. The highest BCUT2D eigenvalue weighted by molar-refractivity contribution is 7.10. The maximum absolute atomic E-state index is 4.48. The van der Waals surface area contributed by atoms with Crippen molar-refractivity contribution in [2.75, 3.05) is 5.32 Å². The Labute approximate surface area is 122 Å². The fourth-order valence-electron chi connectivity index (χ4n) is 2.34. The molecule has 0 aliphatic heterocycles. The van der Waals surface area contributed by atoms with Gasteiger partial charge < -0.3 is 5.32 Å². The third kappa shape index (κ3) is 2.41. The van der Waals surface area contributed by atoms with E-state index in [0.29, 0.717) is 5.92 Å². The summed E-state index contributed by atoms with van der Waals surface area (Å²) in [5, 5.41) is 10.1. The number of nitrogens with zero attached hydrogens (tertiary/aromatic N) is 3. The van der Waals surface area contributed by atoms with Crippen LogP contribution in [-0.4, -0.2) is 14.6 Å². The van der Waals surface area contributed by atoms with Crippen molar-refractivity contribution >= 4 is 22.7 Å². The summed E-state index contributed by atoms with van der Waals surface area (Å²) in [5.41, 5.74) is 2.02. The van der Waals surface area contributed by atoms with Crippen molar-refractivity contribution in [3.05, 3.63) is 46.5 Å². The molecule has 0 saturated carbocycles. The first-order valence-corrected chi connectivity index (χ1v) is 7.64. The first-order chi connectivity index (χ1) is 9.65. The minimum absolute atomic E-state index is 0.268. The summed E-state index contributed by atoms with van der Waals surface area (Å²) in [6.07, 6.45) is 3.66. The lowest BCUT2D eigenvalue weighted by molar-refractivity contribution is 0.552. The molecule has 0 amide bonds. The summed E-state index contributed by atoms with van der Waals surface area (Å²) in [5.74, 6) is 1.37. The number of aromatic nitrogens is 3. The Morgan fingerprint density at radius 1 is 1.35 bits per heavy atom. The van der Waals surface area contributed by atoms with Gasteiger partial charge >= 0.3 is 0 Å². The monoisotopic (exact) mass is 286 g/mol. The van der Waals surface area contributed by atoms with Gasteiger partial charge in [0.15, 0.2) is 5.82 Å². The molecule has 3 aromatic rings. The molecule has 3 heterocycles. The van der Waals surface area contributed by atoms with Crippen molar-refractivity contribution in [2.24, 2.45) is 5.92 Å². The van der Waals surface area contributed by atoms with Crippen molar-refractivity contribution in [1.29, 1.82) is 0 Å². The van der Waals surface area contributed by atoms with E-state index >= 15 is 0 Å². The highest BCUT2D eigenvalue weighted by Gasteiger charge is 2.18. The highest BCUT2D eigenvalue weighted by Crippen LogP contribution is 2.30. The van der Waals surface area contributed by atoms with Gasteiger partial charge in [-0.1, -0.05) is 19.9 Å². The van der Waals surface area contributed by atoms with Crippen LogP contribution in [0, 0.1) is 12.8 Å². The Bertz CT molecular complexity index is 700. The lowest BCUT2D eigenvalue weighted by atomic mass is 10.0. The molecular formula is C15H18N4S. The summed E-state index contributed by atoms with van der Waals surface area (Å²) >= 11 is 1.78. The topological polar surface area (TPSA) is 42.2 Å². The van der Waals surface area contributed by atoms with E-state index in [-0.39, 0.29) is 6.04 Å². The Balaban J connectivity index is 1.98. The Morgan fingerprint density at radius 3 is 2.90 bits per heavy atom. The van der Waals surface area contributed by atoms with Gasteiger partial charge in [0.25, 0.3) is 0 Å². The second-order valence-corrected chi connectivity index (χ2v) is 6.25. The van der Waals surface area contributed by atoms with Crippen LogP contribution in [-0.2, 0) is 0 Å². The van der Waals surface area contributed by atoms with Gasteiger partial charge in [0.05, 0.1) is 11.7 Å². The van der Waals surface area contributed by atoms with Crippen molar-refractivity contribution in [2.45, 2.75) is 26.8 Å². The second kappa shape index (κ2) is 5.25.